The van der Waals surface area contributed by atoms with E-state index in [4.69, 9.17) is 11.0 Å². The highest BCUT2D eigenvalue weighted by Gasteiger charge is 2.28. The van der Waals surface area contributed by atoms with E-state index in [1.807, 2.05) is 6.07 Å². The van der Waals surface area contributed by atoms with Crippen LogP contribution < -0.4 is 11.1 Å². The summed E-state index contributed by atoms with van der Waals surface area (Å²) in [5.74, 6) is 0.660. The Bertz CT molecular complexity index is 515. The minimum absolute atomic E-state index is 0.119. The number of nitriles is 1. The van der Waals surface area contributed by atoms with Crippen LogP contribution in [0.5, 0.6) is 0 Å². The molecule has 1 aromatic rings. The Morgan fingerprint density at radius 1 is 1.30 bits per heavy atom. The molecule has 20 heavy (non-hydrogen) atoms. The van der Waals surface area contributed by atoms with Gasteiger partial charge in [0.2, 0.25) is 0 Å². The van der Waals surface area contributed by atoms with Gasteiger partial charge in [-0.25, -0.2) is 9.97 Å². The van der Waals surface area contributed by atoms with Crippen molar-refractivity contribution in [2.45, 2.75) is 51.0 Å². The van der Waals surface area contributed by atoms with Crippen LogP contribution in [0.4, 0.5) is 11.6 Å². The highest BCUT2D eigenvalue weighted by Crippen LogP contribution is 2.27. The van der Waals surface area contributed by atoms with E-state index < -0.39 is 5.60 Å². The van der Waals surface area contributed by atoms with Gasteiger partial charge < -0.3 is 16.2 Å². The van der Waals surface area contributed by atoms with E-state index in [9.17, 15) is 5.11 Å². The molecule has 6 nitrogen and oxygen atoms in total. The number of aryl methyl sites for hydroxylation is 1. The number of hydrogen-bond donors (Lipinski definition) is 3. The maximum absolute atomic E-state index is 10.6. The summed E-state index contributed by atoms with van der Waals surface area (Å²) in [7, 11) is 0. The van der Waals surface area contributed by atoms with Crippen molar-refractivity contribution < 1.29 is 5.11 Å². The Labute approximate surface area is 119 Å². The predicted octanol–water partition coefficient (Wildman–Crippen LogP) is 1.74. The van der Waals surface area contributed by atoms with Gasteiger partial charge in [-0.1, -0.05) is 25.7 Å². The van der Waals surface area contributed by atoms with Crippen LogP contribution in [-0.4, -0.2) is 27.2 Å². The summed E-state index contributed by atoms with van der Waals surface area (Å²) in [6, 6.07) is 1.91. The third-order valence-corrected chi connectivity index (χ3v) is 3.82. The highest BCUT2D eigenvalue weighted by molar-refractivity contribution is 5.52. The second-order valence-electron chi connectivity index (χ2n) is 5.50. The lowest BCUT2D eigenvalue weighted by Gasteiger charge is -2.27. The molecule has 0 amide bonds. The number of anilines is 2. The van der Waals surface area contributed by atoms with E-state index >= 15 is 0 Å². The first-order chi connectivity index (χ1) is 9.54. The molecule has 0 bridgehead atoms. The minimum Gasteiger partial charge on any atom is -0.388 e. The molecular formula is C14H21N5O. The Morgan fingerprint density at radius 3 is 2.55 bits per heavy atom. The first-order valence-electron chi connectivity index (χ1n) is 7.04. The molecule has 0 saturated heterocycles. The summed E-state index contributed by atoms with van der Waals surface area (Å²) in [6.07, 6.45) is 6.09. The van der Waals surface area contributed by atoms with Crippen molar-refractivity contribution >= 4 is 11.6 Å². The van der Waals surface area contributed by atoms with Gasteiger partial charge >= 0.3 is 0 Å². The van der Waals surface area contributed by atoms with E-state index in [0.29, 0.717) is 18.1 Å². The van der Waals surface area contributed by atoms with E-state index in [1.54, 1.807) is 6.92 Å². The quantitative estimate of drug-likeness (QED) is 0.725. The molecule has 1 heterocycles. The minimum atomic E-state index is -0.687. The van der Waals surface area contributed by atoms with Gasteiger partial charge in [-0.3, -0.25) is 0 Å². The standard InChI is InChI=1S/C14H21N5O/c1-10-13(19-12(16)11(8-15)18-10)17-9-14(20)6-4-2-3-5-7-14/h20H,2-7,9H2,1H3,(H3,16,17,19). The number of nitrogens with two attached hydrogens (primary N) is 1. The van der Waals surface area contributed by atoms with Crippen LogP contribution in [0.3, 0.4) is 0 Å². The normalized spacial score (nSPS) is 18.1. The number of nitrogens with one attached hydrogen (secondary N) is 1. The zero-order chi connectivity index (χ0) is 14.6. The van der Waals surface area contributed by atoms with Crippen LogP contribution in [-0.2, 0) is 0 Å². The van der Waals surface area contributed by atoms with E-state index in [1.165, 1.54) is 12.8 Å². The molecule has 2 rings (SSSR count). The van der Waals surface area contributed by atoms with Gasteiger partial charge in [-0.2, -0.15) is 5.26 Å². The van der Waals surface area contributed by atoms with Gasteiger partial charge in [0.25, 0.3) is 0 Å². The molecule has 6 heteroatoms. The fourth-order valence-corrected chi connectivity index (χ4v) is 2.59. The summed E-state index contributed by atoms with van der Waals surface area (Å²) in [4.78, 5) is 8.26. The topological polar surface area (TPSA) is 108 Å². The van der Waals surface area contributed by atoms with Crippen LogP contribution in [0.1, 0.15) is 49.9 Å². The number of rotatable bonds is 3. The molecule has 0 atom stereocenters. The van der Waals surface area contributed by atoms with E-state index in [2.05, 4.69) is 15.3 Å². The Hall–Kier alpha value is -1.87. The zero-order valence-corrected chi connectivity index (χ0v) is 11.8. The summed E-state index contributed by atoms with van der Waals surface area (Å²) < 4.78 is 0. The van der Waals surface area contributed by atoms with Crippen molar-refractivity contribution in [2.24, 2.45) is 0 Å². The summed E-state index contributed by atoms with van der Waals surface area (Å²) in [5.41, 5.74) is 5.74. The molecule has 1 aliphatic carbocycles. The Balaban J connectivity index is 2.07. The van der Waals surface area contributed by atoms with Gasteiger partial charge in [0, 0.05) is 6.54 Å². The fourth-order valence-electron chi connectivity index (χ4n) is 2.59. The number of nitrogen functional groups attached to an aromatic ring is 1. The van der Waals surface area contributed by atoms with Gasteiger partial charge in [-0.05, 0) is 19.8 Å². The molecule has 0 aliphatic heterocycles. The van der Waals surface area contributed by atoms with Crippen molar-refractivity contribution in [3.05, 3.63) is 11.4 Å². The first kappa shape index (κ1) is 14.5. The zero-order valence-electron chi connectivity index (χ0n) is 11.8. The monoisotopic (exact) mass is 275 g/mol. The van der Waals surface area contributed by atoms with Crippen LogP contribution in [0.2, 0.25) is 0 Å². The Morgan fingerprint density at radius 2 is 1.95 bits per heavy atom. The molecule has 4 N–H and O–H groups in total. The summed E-state index contributed by atoms with van der Waals surface area (Å²) in [5, 5.41) is 22.6. The van der Waals surface area contributed by atoms with E-state index in [0.717, 1.165) is 25.7 Å². The molecule has 0 spiro atoms. The van der Waals surface area contributed by atoms with Crippen LogP contribution in [0.25, 0.3) is 0 Å². The van der Waals surface area contributed by atoms with Crippen LogP contribution in [0, 0.1) is 18.3 Å². The number of aromatic nitrogens is 2. The largest absolute Gasteiger partial charge is 0.388 e. The van der Waals surface area contributed by atoms with Crippen LogP contribution >= 0.6 is 0 Å². The SMILES string of the molecule is Cc1nc(C#N)c(N)nc1NCC1(O)CCCCCC1. The van der Waals surface area contributed by atoms with Gasteiger partial charge in [0.1, 0.15) is 11.9 Å². The van der Waals surface area contributed by atoms with Gasteiger partial charge in [0.15, 0.2) is 11.5 Å². The number of hydrogen-bond acceptors (Lipinski definition) is 6. The van der Waals surface area contributed by atoms with E-state index in [-0.39, 0.29) is 11.5 Å². The molecule has 1 aromatic heterocycles. The maximum atomic E-state index is 10.6. The van der Waals surface area contributed by atoms with Crippen molar-refractivity contribution in [1.29, 1.82) is 5.26 Å². The molecular weight excluding hydrogens is 254 g/mol. The predicted molar refractivity (Wildman–Crippen MR) is 77.0 cm³/mol. The average molecular weight is 275 g/mol. The third kappa shape index (κ3) is 3.36. The molecule has 1 fully saturated rings. The van der Waals surface area contributed by atoms with Crippen molar-refractivity contribution in [1.82, 2.24) is 9.97 Å². The lowest BCUT2D eigenvalue weighted by molar-refractivity contribution is 0.0380. The highest BCUT2D eigenvalue weighted by atomic mass is 16.3. The molecule has 1 aliphatic rings. The second kappa shape index (κ2) is 6.06. The molecule has 0 aromatic carbocycles. The van der Waals surface area contributed by atoms with Gasteiger partial charge in [-0.15, -0.1) is 0 Å². The molecule has 108 valence electrons. The second-order valence-corrected chi connectivity index (χ2v) is 5.50. The van der Waals surface area contributed by atoms with Gasteiger partial charge in [0.05, 0.1) is 11.3 Å². The Kier molecular flexibility index (Phi) is 4.40. The number of nitrogens with zero attached hydrogens (tertiary/aromatic N) is 3. The molecule has 0 radical (unpaired) electrons. The lowest BCUT2D eigenvalue weighted by atomic mass is 9.94. The maximum Gasteiger partial charge on any atom is 0.183 e. The number of aliphatic hydroxyl groups is 1. The van der Waals surface area contributed by atoms with Crippen molar-refractivity contribution in [2.75, 3.05) is 17.6 Å². The average Bonchev–Trinajstić information content (AvgIpc) is 2.64. The van der Waals surface area contributed by atoms with Crippen molar-refractivity contribution in [3.8, 4) is 6.07 Å². The summed E-state index contributed by atoms with van der Waals surface area (Å²) >= 11 is 0. The third-order valence-electron chi connectivity index (χ3n) is 3.82. The smallest absolute Gasteiger partial charge is 0.183 e. The molecule has 1 saturated carbocycles. The van der Waals surface area contributed by atoms with Crippen molar-refractivity contribution in [3.63, 3.8) is 0 Å². The molecule has 0 unspecified atom stereocenters. The summed E-state index contributed by atoms with van der Waals surface area (Å²) in [6.45, 7) is 2.21. The first-order valence-corrected chi connectivity index (χ1v) is 7.04. The lowest BCUT2D eigenvalue weighted by Crippen LogP contribution is -2.36. The van der Waals surface area contributed by atoms with Crippen LogP contribution in [0.15, 0.2) is 0 Å². The fraction of sp³-hybridized carbons (Fsp3) is 0.643.